The summed E-state index contributed by atoms with van der Waals surface area (Å²) in [4.78, 5) is 18.6. The van der Waals surface area contributed by atoms with Gasteiger partial charge < -0.3 is 38.8 Å². The maximum Gasteiger partial charge on any atom is 0.319 e. The summed E-state index contributed by atoms with van der Waals surface area (Å²) in [5.74, 6) is 0.889. The fourth-order valence-electron chi connectivity index (χ4n) is 9.61. The number of aromatic nitrogens is 3. The van der Waals surface area contributed by atoms with Crippen molar-refractivity contribution in [2.24, 2.45) is 5.41 Å². The van der Waals surface area contributed by atoms with Gasteiger partial charge in [-0.25, -0.2) is 13.8 Å². The molecule has 3 unspecified atom stereocenters. The van der Waals surface area contributed by atoms with Crippen molar-refractivity contribution in [3.8, 4) is 41.2 Å². The van der Waals surface area contributed by atoms with Gasteiger partial charge in [0.15, 0.2) is 5.82 Å². The van der Waals surface area contributed by atoms with Crippen LogP contribution in [0.1, 0.15) is 57.4 Å². The summed E-state index contributed by atoms with van der Waals surface area (Å²) < 4.78 is 62.4. The average Bonchev–Trinajstić information content (AvgIpc) is 3.55. The molecule has 0 amide bonds. The molecule has 8 rings (SSSR count). The lowest BCUT2D eigenvalue weighted by molar-refractivity contribution is -0.122. The molecule has 4 aromatic rings. The number of β-amino-alcohol motifs (C(OH)–C–C–N with tert-alkyl or cyclic N) is 1. The Kier molecular flexibility index (Phi) is 10.4. The first-order valence-electron chi connectivity index (χ1n) is 19.4. The highest BCUT2D eigenvalue weighted by Gasteiger charge is 2.50. The van der Waals surface area contributed by atoms with Crippen LogP contribution in [0, 0.1) is 29.4 Å². The fourth-order valence-corrected chi connectivity index (χ4v) is 9.61. The second-order valence-electron chi connectivity index (χ2n) is 16.1. The molecule has 3 saturated heterocycles. The Morgan fingerprint density at radius 3 is 2.57 bits per heavy atom. The van der Waals surface area contributed by atoms with E-state index in [9.17, 15) is 10.2 Å². The number of fused-ring (bicyclic) bond motifs is 3. The van der Waals surface area contributed by atoms with E-state index in [-0.39, 0.29) is 93.4 Å². The molecule has 2 aromatic carbocycles. The number of phenolic OH excluding ortho intramolecular Hbond substituents is 1. The number of ether oxygens (including phenoxy) is 5. The van der Waals surface area contributed by atoms with E-state index in [1.54, 1.807) is 18.9 Å². The number of nitrogens with zero attached hydrogens (tertiary/aromatic N) is 5. The summed E-state index contributed by atoms with van der Waals surface area (Å²) in [7, 11) is 3.20. The number of aliphatic hydroxyl groups is 1. The molecule has 4 aliphatic rings. The number of hydrogen-bond acceptors (Lipinski definition) is 12. The van der Waals surface area contributed by atoms with Gasteiger partial charge in [0.25, 0.3) is 0 Å². The van der Waals surface area contributed by atoms with Crippen LogP contribution in [0.15, 0.2) is 24.3 Å². The molecule has 12 nitrogen and oxygen atoms in total. The van der Waals surface area contributed by atoms with Crippen LogP contribution in [-0.4, -0.2) is 121 Å². The molecule has 3 aliphatic heterocycles. The van der Waals surface area contributed by atoms with E-state index in [0.29, 0.717) is 31.8 Å². The first kappa shape index (κ1) is 38.5. The minimum absolute atomic E-state index is 0.0181. The molecule has 5 heterocycles. The standard InChI is InChI=1S/C42H49F2N5O7/c1-5-28-30(43)10-9-26-20-27(50)21-29(32(26)28)35-34(44)36-33(38(45-35)52-3)37(49-16-19-55-24-40(2,51)22-49)47-39(46-36)56-25-41-11-6-8-31(41)48(15-7-12-41)23-42(53-4)13-17-54-18-14-42/h1,9-10,20-21,31,50-51H,6-8,11-19,22-25H2,2-4H3. The van der Waals surface area contributed by atoms with E-state index >= 15 is 8.78 Å². The van der Waals surface area contributed by atoms with E-state index in [4.69, 9.17) is 40.1 Å². The molecule has 1 aliphatic carbocycles. The van der Waals surface area contributed by atoms with Crippen molar-refractivity contribution < 1.29 is 42.7 Å². The van der Waals surface area contributed by atoms with Gasteiger partial charge >= 0.3 is 6.01 Å². The summed E-state index contributed by atoms with van der Waals surface area (Å²) in [6.07, 6.45) is 12.5. The largest absolute Gasteiger partial charge is 0.508 e. The molecule has 3 atom stereocenters. The number of methoxy groups -OCH3 is 2. The second kappa shape index (κ2) is 15.2. The van der Waals surface area contributed by atoms with Crippen LogP contribution in [0.3, 0.4) is 0 Å². The molecule has 298 valence electrons. The Hall–Kier alpha value is -4.39. The molecule has 0 spiro atoms. The number of aromatic hydroxyl groups is 1. The molecule has 4 fully saturated rings. The minimum Gasteiger partial charge on any atom is -0.508 e. The van der Waals surface area contributed by atoms with Gasteiger partial charge in [-0.3, -0.25) is 4.90 Å². The Bertz CT molecular complexity index is 2170. The van der Waals surface area contributed by atoms with Gasteiger partial charge in [-0.2, -0.15) is 9.97 Å². The lowest BCUT2D eigenvalue weighted by Crippen LogP contribution is -2.57. The van der Waals surface area contributed by atoms with Crippen molar-refractivity contribution in [3.63, 3.8) is 0 Å². The maximum absolute atomic E-state index is 17.4. The van der Waals surface area contributed by atoms with Crippen molar-refractivity contribution in [1.82, 2.24) is 19.9 Å². The van der Waals surface area contributed by atoms with E-state index in [1.165, 1.54) is 31.4 Å². The quantitative estimate of drug-likeness (QED) is 0.205. The van der Waals surface area contributed by atoms with Crippen LogP contribution in [0.5, 0.6) is 17.6 Å². The number of benzene rings is 2. The summed E-state index contributed by atoms with van der Waals surface area (Å²) in [5.41, 5.74) is -2.13. The zero-order chi connectivity index (χ0) is 39.2. The summed E-state index contributed by atoms with van der Waals surface area (Å²) >= 11 is 0. The maximum atomic E-state index is 17.4. The molecule has 0 radical (unpaired) electrons. The summed E-state index contributed by atoms with van der Waals surface area (Å²) in [6, 6.07) is 5.61. The number of rotatable bonds is 9. The molecule has 14 heteroatoms. The first-order valence-corrected chi connectivity index (χ1v) is 19.4. The third-order valence-corrected chi connectivity index (χ3v) is 12.3. The predicted octanol–water partition coefficient (Wildman–Crippen LogP) is 5.62. The van der Waals surface area contributed by atoms with Crippen LogP contribution in [0.25, 0.3) is 32.9 Å². The van der Waals surface area contributed by atoms with Gasteiger partial charge in [-0.05, 0) is 62.7 Å². The predicted molar refractivity (Wildman–Crippen MR) is 206 cm³/mol. The van der Waals surface area contributed by atoms with Gasteiger partial charge in [0.05, 0.1) is 44.6 Å². The van der Waals surface area contributed by atoms with Crippen molar-refractivity contribution in [1.29, 1.82) is 0 Å². The van der Waals surface area contributed by atoms with Crippen LogP contribution in [0.4, 0.5) is 14.6 Å². The zero-order valence-corrected chi connectivity index (χ0v) is 32.2. The molecule has 2 aromatic heterocycles. The molecular weight excluding hydrogens is 724 g/mol. The van der Waals surface area contributed by atoms with Crippen LogP contribution < -0.4 is 14.4 Å². The minimum atomic E-state index is -1.25. The van der Waals surface area contributed by atoms with E-state index in [0.717, 1.165) is 58.0 Å². The summed E-state index contributed by atoms with van der Waals surface area (Å²) in [6.45, 7) is 5.96. The Morgan fingerprint density at radius 2 is 1.80 bits per heavy atom. The van der Waals surface area contributed by atoms with Gasteiger partial charge in [0, 0.05) is 68.7 Å². The molecule has 56 heavy (non-hydrogen) atoms. The van der Waals surface area contributed by atoms with E-state index in [1.807, 2.05) is 0 Å². The molecule has 2 N–H and O–H groups in total. The van der Waals surface area contributed by atoms with Gasteiger partial charge in [-0.1, -0.05) is 18.4 Å². The lowest BCUT2D eigenvalue weighted by Gasteiger charge is -2.49. The lowest BCUT2D eigenvalue weighted by atomic mass is 9.75. The van der Waals surface area contributed by atoms with Gasteiger partial charge in [0.1, 0.15) is 39.6 Å². The monoisotopic (exact) mass is 773 g/mol. The normalized spacial score (nSPS) is 25.5. The summed E-state index contributed by atoms with van der Waals surface area (Å²) in [5, 5.41) is 22.7. The van der Waals surface area contributed by atoms with Crippen LogP contribution >= 0.6 is 0 Å². The third kappa shape index (κ3) is 6.98. The van der Waals surface area contributed by atoms with Crippen molar-refractivity contribution in [2.45, 2.75) is 69.1 Å². The average molecular weight is 774 g/mol. The van der Waals surface area contributed by atoms with Crippen molar-refractivity contribution in [2.75, 3.05) is 78.3 Å². The number of hydrogen-bond donors (Lipinski definition) is 2. The highest BCUT2D eigenvalue weighted by atomic mass is 19.1. The zero-order valence-electron chi connectivity index (χ0n) is 32.2. The fraction of sp³-hybridized carbons (Fsp3) is 0.548. The molecule has 0 bridgehead atoms. The SMILES string of the molecule is C#Cc1c(F)ccc2cc(O)cc(-c3nc(OC)c4c(N5CCOCC(C)(O)C5)nc(OCC56CCCC5N(CC5(OC)CCOCC5)CCC6)nc4c3F)c12. The number of pyridine rings is 1. The smallest absolute Gasteiger partial charge is 0.319 e. The number of anilines is 1. The third-order valence-electron chi connectivity index (χ3n) is 12.3. The Labute approximate surface area is 325 Å². The Morgan fingerprint density at radius 1 is 1.00 bits per heavy atom. The first-order chi connectivity index (χ1) is 27.0. The van der Waals surface area contributed by atoms with E-state index in [2.05, 4.69) is 15.8 Å². The Balaban J connectivity index is 1.24. The molecule has 1 saturated carbocycles. The number of piperidine rings is 1. The van der Waals surface area contributed by atoms with Gasteiger partial charge in [0.2, 0.25) is 5.88 Å². The topological polar surface area (TPSA) is 132 Å². The second-order valence-corrected chi connectivity index (χ2v) is 16.1. The van der Waals surface area contributed by atoms with Crippen molar-refractivity contribution in [3.05, 3.63) is 41.5 Å². The van der Waals surface area contributed by atoms with Crippen molar-refractivity contribution >= 4 is 27.5 Å². The number of terminal acetylenes is 1. The highest BCUT2D eigenvalue weighted by Crippen LogP contribution is 2.49. The number of likely N-dealkylation sites (tertiary alicyclic amines) is 1. The molecular formula is C42H49F2N5O7. The highest BCUT2D eigenvalue weighted by molar-refractivity contribution is 6.04. The number of phenols is 1. The van der Waals surface area contributed by atoms with E-state index < -0.39 is 17.2 Å². The van der Waals surface area contributed by atoms with Crippen LogP contribution in [0.2, 0.25) is 0 Å². The van der Waals surface area contributed by atoms with Gasteiger partial charge in [-0.15, -0.1) is 6.42 Å². The number of halogens is 2. The van der Waals surface area contributed by atoms with Crippen LogP contribution in [-0.2, 0) is 14.2 Å².